The lowest BCUT2D eigenvalue weighted by atomic mass is 10.3. The highest BCUT2D eigenvalue weighted by atomic mass is 32.2. The van der Waals surface area contributed by atoms with E-state index in [1.807, 2.05) is 22.4 Å². The first-order chi connectivity index (χ1) is 17.0. The van der Waals surface area contributed by atoms with E-state index >= 15 is 0 Å². The zero-order valence-corrected chi connectivity index (χ0v) is 21.0. The second kappa shape index (κ2) is 10.5. The van der Waals surface area contributed by atoms with Gasteiger partial charge in [0.2, 0.25) is 15.9 Å². The van der Waals surface area contributed by atoms with Crippen LogP contribution in [0.15, 0.2) is 62.3 Å². The van der Waals surface area contributed by atoms with Gasteiger partial charge in [0.05, 0.1) is 35.8 Å². The van der Waals surface area contributed by atoms with E-state index in [0.717, 1.165) is 35.6 Å². The second-order valence-electron chi connectivity index (χ2n) is 8.49. The summed E-state index contributed by atoms with van der Waals surface area (Å²) >= 11 is 1.50. The van der Waals surface area contributed by atoms with Crippen molar-refractivity contribution in [1.29, 1.82) is 0 Å². The minimum Gasteiger partial charge on any atom is -0.463 e. The fraction of sp³-hybridized carbons (Fsp3) is 0.417. The monoisotopic (exact) mass is 516 g/mol. The van der Waals surface area contributed by atoms with Crippen molar-refractivity contribution in [3.63, 3.8) is 0 Å². The third kappa shape index (κ3) is 5.27. The van der Waals surface area contributed by atoms with Gasteiger partial charge in [0.25, 0.3) is 0 Å². The highest BCUT2D eigenvalue weighted by molar-refractivity contribution is 7.89. The first-order valence-electron chi connectivity index (χ1n) is 11.7. The van der Waals surface area contributed by atoms with Gasteiger partial charge in [-0.1, -0.05) is 0 Å². The average Bonchev–Trinajstić information content (AvgIpc) is 3.63. The van der Waals surface area contributed by atoms with Crippen LogP contribution in [0.4, 0.5) is 5.69 Å². The lowest BCUT2D eigenvalue weighted by Gasteiger charge is -2.26. The molecule has 2 aromatic heterocycles. The Kier molecular flexibility index (Phi) is 7.19. The summed E-state index contributed by atoms with van der Waals surface area (Å²) < 4.78 is 40.2. The molecule has 0 radical (unpaired) electrons. The molecule has 2 aliphatic rings. The maximum absolute atomic E-state index is 12.9. The van der Waals surface area contributed by atoms with Crippen LogP contribution in [-0.4, -0.2) is 67.5 Å². The highest BCUT2D eigenvalue weighted by Gasteiger charge is 2.26. The van der Waals surface area contributed by atoms with Gasteiger partial charge in [-0.3, -0.25) is 4.79 Å². The maximum atomic E-state index is 12.9. The molecule has 2 saturated heterocycles. The van der Waals surface area contributed by atoms with E-state index in [4.69, 9.17) is 14.1 Å². The predicted octanol–water partition coefficient (Wildman–Crippen LogP) is 3.08. The van der Waals surface area contributed by atoms with Gasteiger partial charge >= 0.3 is 0 Å². The van der Waals surface area contributed by atoms with Crippen LogP contribution in [0.5, 0.6) is 0 Å². The van der Waals surface area contributed by atoms with E-state index in [0.29, 0.717) is 51.5 Å². The maximum Gasteiger partial charge on any atom is 0.243 e. The van der Waals surface area contributed by atoms with E-state index in [9.17, 15) is 13.2 Å². The number of thiazole rings is 1. The molecule has 3 aromatic rings. The van der Waals surface area contributed by atoms with Crippen molar-refractivity contribution in [3.8, 4) is 11.5 Å². The van der Waals surface area contributed by atoms with Crippen molar-refractivity contribution in [1.82, 2.24) is 13.8 Å². The first-order valence-corrected chi connectivity index (χ1v) is 14.1. The van der Waals surface area contributed by atoms with Gasteiger partial charge < -0.3 is 18.6 Å². The van der Waals surface area contributed by atoms with Gasteiger partial charge in [-0.05, 0) is 49.2 Å². The minimum absolute atomic E-state index is 0.226. The molecule has 0 spiro atoms. The summed E-state index contributed by atoms with van der Waals surface area (Å²) in [4.78, 5) is 19.7. The molecule has 11 heteroatoms. The van der Waals surface area contributed by atoms with Crippen molar-refractivity contribution in [2.75, 3.05) is 39.4 Å². The molecule has 2 aliphatic heterocycles. The molecule has 0 aliphatic carbocycles. The number of sulfonamides is 1. The molecule has 0 saturated carbocycles. The fourth-order valence-corrected chi connectivity index (χ4v) is 6.70. The van der Waals surface area contributed by atoms with Crippen LogP contribution >= 0.6 is 11.3 Å². The van der Waals surface area contributed by atoms with Gasteiger partial charge in [-0.2, -0.15) is 4.31 Å². The van der Waals surface area contributed by atoms with E-state index in [-0.39, 0.29) is 10.8 Å². The minimum atomic E-state index is -3.55. The number of benzene rings is 1. The molecule has 2 fully saturated rings. The molecule has 1 amide bonds. The Hall–Kier alpha value is -2.73. The number of aromatic nitrogens is 1. The van der Waals surface area contributed by atoms with E-state index in [2.05, 4.69) is 4.57 Å². The Morgan fingerprint density at radius 3 is 2.51 bits per heavy atom. The number of carbonyl (C=O) groups is 1. The lowest BCUT2D eigenvalue weighted by Crippen LogP contribution is -2.40. The fourth-order valence-electron chi connectivity index (χ4n) is 4.36. The molecule has 186 valence electrons. The van der Waals surface area contributed by atoms with Crippen LogP contribution in [0.3, 0.4) is 0 Å². The topological polar surface area (TPSA) is 97.3 Å². The molecule has 0 unspecified atom stereocenters. The normalized spacial score (nSPS) is 18.0. The highest BCUT2D eigenvalue weighted by Crippen LogP contribution is 2.23. The molecule has 5 rings (SSSR count). The summed E-state index contributed by atoms with van der Waals surface area (Å²) in [6, 6.07) is 10.4. The Morgan fingerprint density at radius 1 is 1.03 bits per heavy atom. The smallest absolute Gasteiger partial charge is 0.243 e. The van der Waals surface area contributed by atoms with E-state index < -0.39 is 10.0 Å². The first kappa shape index (κ1) is 24.0. The Morgan fingerprint density at radius 2 is 1.83 bits per heavy atom. The van der Waals surface area contributed by atoms with Crippen molar-refractivity contribution in [2.45, 2.75) is 30.7 Å². The second-order valence-corrected chi connectivity index (χ2v) is 11.3. The number of amides is 1. The SMILES string of the molecule is O=C1CCCN1CCCn1c(-c2ccco2)csc1=Nc1ccc(S(=O)(=O)N2CCOCC2)cc1. The zero-order chi connectivity index (χ0) is 24.3. The Bertz CT molecular complexity index is 1320. The third-order valence-corrected chi connectivity index (χ3v) is 9.00. The molecule has 4 heterocycles. The van der Waals surface area contributed by atoms with Crippen molar-refractivity contribution in [2.24, 2.45) is 4.99 Å². The van der Waals surface area contributed by atoms with Crippen LogP contribution < -0.4 is 4.80 Å². The summed E-state index contributed by atoms with van der Waals surface area (Å²) in [5.41, 5.74) is 1.60. The molecule has 1 aromatic carbocycles. The summed E-state index contributed by atoms with van der Waals surface area (Å²) in [5.74, 6) is 0.982. The third-order valence-electron chi connectivity index (χ3n) is 6.22. The van der Waals surface area contributed by atoms with Gasteiger partial charge in [0, 0.05) is 44.5 Å². The molecule has 9 nitrogen and oxygen atoms in total. The molecular weight excluding hydrogens is 488 g/mol. The summed E-state index contributed by atoms with van der Waals surface area (Å²) in [6.07, 6.45) is 4.02. The van der Waals surface area contributed by atoms with Gasteiger partial charge in [0.15, 0.2) is 10.6 Å². The number of likely N-dealkylation sites (tertiary alicyclic amines) is 1. The number of hydrogen-bond donors (Lipinski definition) is 0. The van der Waals surface area contributed by atoms with Gasteiger partial charge in [-0.15, -0.1) is 11.3 Å². The Balaban J connectivity index is 1.39. The van der Waals surface area contributed by atoms with Crippen LogP contribution in [0.2, 0.25) is 0 Å². The molecular formula is C24H28N4O5S2. The number of morpholine rings is 1. The van der Waals surface area contributed by atoms with Crippen LogP contribution in [0.1, 0.15) is 19.3 Å². The summed E-state index contributed by atoms with van der Waals surface area (Å²) in [7, 11) is -3.55. The summed E-state index contributed by atoms with van der Waals surface area (Å²) in [6.45, 7) is 3.78. The largest absolute Gasteiger partial charge is 0.463 e. The van der Waals surface area contributed by atoms with Crippen LogP contribution in [0, 0.1) is 0 Å². The van der Waals surface area contributed by atoms with E-state index in [1.54, 1.807) is 30.5 Å². The Labute approximate surface area is 208 Å². The number of ether oxygens (including phenoxy) is 1. The van der Waals surface area contributed by atoms with Gasteiger partial charge in [-0.25, -0.2) is 13.4 Å². The van der Waals surface area contributed by atoms with Crippen LogP contribution in [-0.2, 0) is 26.1 Å². The number of hydrogen-bond acceptors (Lipinski definition) is 7. The zero-order valence-electron chi connectivity index (χ0n) is 19.3. The van der Waals surface area contributed by atoms with Crippen molar-refractivity contribution in [3.05, 3.63) is 52.8 Å². The van der Waals surface area contributed by atoms with Crippen molar-refractivity contribution >= 4 is 33.0 Å². The number of furan rings is 1. The standard InChI is InChI=1S/C24H28N4O5S2/c29-23-5-1-10-26(23)11-3-12-28-21(22-4-2-15-33-22)18-34-24(28)25-19-6-8-20(9-7-19)35(30,31)27-13-16-32-17-14-27/h2,4,6-9,15,18H,1,3,5,10-14,16-17H2. The predicted molar refractivity (Wildman–Crippen MR) is 132 cm³/mol. The molecule has 0 atom stereocenters. The number of rotatable bonds is 8. The van der Waals surface area contributed by atoms with Crippen molar-refractivity contribution < 1.29 is 22.4 Å². The number of nitrogens with zero attached hydrogens (tertiary/aromatic N) is 4. The number of carbonyl (C=O) groups excluding carboxylic acids is 1. The average molecular weight is 517 g/mol. The molecule has 0 bridgehead atoms. The molecule has 0 N–H and O–H groups in total. The lowest BCUT2D eigenvalue weighted by molar-refractivity contribution is -0.127. The van der Waals surface area contributed by atoms with Crippen LogP contribution in [0.25, 0.3) is 11.5 Å². The summed E-state index contributed by atoms with van der Waals surface area (Å²) in [5, 5.41) is 2.01. The van der Waals surface area contributed by atoms with E-state index in [1.165, 1.54) is 15.6 Å². The van der Waals surface area contributed by atoms with Gasteiger partial charge in [0.1, 0.15) is 0 Å². The quantitative estimate of drug-likeness (QED) is 0.458. The molecule has 35 heavy (non-hydrogen) atoms.